The summed E-state index contributed by atoms with van der Waals surface area (Å²) in [5.41, 5.74) is 0.479. The highest BCUT2D eigenvalue weighted by molar-refractivity contribution is 6.32. The van der Waals surface area contributed by atoms with Crippen molar-refractivity contribution in [3.63, 3.8) is 0 Å². The maximum absolute atomic E-state index is 6.07. The molecule has 1 fully saturated rings. The van der Waals surface area contributed by atoms with Crippen molar-refractivity contribution in [2.45, 2.75) is 33.1 Å². The minimum Gasteiger partial charge on any atom is -0.368 e. The van der Waals surface area contributed by atoms with Gasteiger partial charge in [0.05, 0.1) is 6.20 Å². The Bertz CT molecular complexity index is 390. The minimum absolute atomic E-state index is 0.479. The van der Waals surface area contributed by atoms with Crippen molar-refractivity contribution >= 4 is 23.4 Å². The van der Waals surface area contributed by atoms with Gasteiger partial charge in [-0.1, -0.05) is 18.5 Å². The Labute approximate surface area is 107 Å². The Hall–Kier alpha value is -1.03. The third-order valence-corrected chi connectivity index (χ3v) is 3.69. The molecule has 1 aliphatic carbocycles. The topological polar surface area (TPSA) is 49.8 Å². The summed E-state index contributed by atoms with van der Waals surface area (Å²) in [6.07, 6.45) is 5.46. The van der Waals surface area contributed by atoms with Crippen molar-refractivity contribution < 1.29 is 0 Å². The van der Waals surface area contributed by atoms with E-state index in [1.807, 2.05) is 6.92 Å². The molecular formula is C12H19ClN4. The van der Waals surface area contributed by atoms with E-state index in [1.165, 1.54) is 19.3 Å². The quantitative estimate of drug-likeness (QED) is 0.819. The third kappa shape index (κ3) is 3.00. The summed E-state index contributed by atoms with van der Waals surface area (Å²) in [6, 6.07) is 0. The van der Waals surface area contributed by atoms with Gasteiger partial charge in [0.2, 0.25) is 5.95 Å². The van der Waals surface area contributed by atoms with Crippen LogP contribution in [0.5, 0.6) is 0 Å². The zero-order valence-electron chi connectivity index (χ0n) is 10.4. The molecule has 17 heavy (non-hydrogen) atoms. The molecule has 1 heterocycles. The van der Waals surface area contributed by atoms with E-state index in [4.69, 9.17) is 11.6 Å². The van der Waals surface area contributed by atoms with E-state index >= 15 is 0 Å². The first-order valence-corrected chi connectivity index (χ1v) is 6.57. The summed E-state index contributed by atoms with van der Waals surface area (Å²) in [6.45, 7) is 6.01. The largest absolute Gasteiger partial charge is 0.368 e. The first-order valence-electron chi connectivity index (χ1n) is 6.19. The highest BCUT2D eigenvalue weighted by Crippen LogP contribution is 2.48. The van der Waals surface area contributed by atoms with Crippen LogP contribution in [0, 0.1) is 5.41 Å². The molecule has 0 amide bonds. The maximum atomic E-state index is 6.07. The van der Waals surface area contributed by atoms with Gasteiger partial charge in [0.1, 0.15) is 5.02 Å². The molecule has 0 bridgehead atoms. The number of nitrogens with zero attached hydrogens (tertiary/aromatic N) is 2. The van der Waals surface area contributed by atoms with E-state index in [9.17, 15) is 0 Å². The predicted molar refractivity (Wildman–Crippen MR) is 71.7 cm³/mol. The fourth-order valence-electron chi connectivity index (χ4n) is 1.84. The molecule has 0 spiro atoms. The molecule has 0 aliphatic heterocycles. The maximum Gasteiger partial charge on any atom is 0.224 e. The summed E-state index contributed by atoms with van der Waals surface area (Å²) in [5.74, 6) is 1.36. The van der Waals surface area contributed by atoms with Crippen LogP contribution >= 0.6 is 11.6 Å². The van der Waals surface area contributed by atoms with Crippen LogP contribution < -0.4 is 10.6 Å². The second kappa shape index (κ2) is 5.08. The lowest BCUT2D eigenvalue weighted by molar-refractivity contribution is 0.520. The molecular weight excluding hydrogens is 236 g/mol. The molecule has 0 atom stereocenters. The van der Waals surface area contributed by atoms with Crippen LogP contribution in [-0.2, 0) is 0 Å². The number of halogens is 1. The van der Waals surface area contributed by atoms with Crippen molar-refractivity contribution in [3.8, 4) is 0 Å². The first kappa shape index (κ1) is 12.4. The number of hydrogen-bond acceptors (Lipinski definition) is 4. The number of nitrogens with one attached hydrogen (secondary N) is 2. The van der Waals surface area contributed by atoms with Gasteiger partial charge < -0.3 is 10.6 Å². The first-order chi connectivity index (χ1) is 8.19. The van der Waals surface area contributed by atoms with Gasteiger partial charge >= 0.3 is 0 Å². The van der Waals surface area contributed by atoms with Gasteiger partial charge in [0.25, 0.3) is 0 Å². The van der Waals surface area contributed by atoms with Crippen LogP contribution in [0.3, 0.4) is 0 Å². The van der Waals surface area contributed by atoms with Gasteiger partial charge in [-0.05, 0) is 31.6 Å². The number of rotatable bonds is 6. The Morgan fingerprint density at radius 1 is 1.35 bits per heavy atom. The summed E-state index contributed by atoms with van der Waals surface area (Å²) in [7, 11) is 0. The van der Waals surface area contributed by atoms with Crippen molar-refractivity contribution in [3.05, 3.63) is 11.2 Å². The van der Waals surface area contributed by atoms with Crippen molar-refractivity contribution in [2.75, 3.05) is 23.7 Å². The minimum atomic E-state index is 0.479. The fourth-order valence-corrected chi connectivity index (χ4v) is 2.00. The smallest absolute Gasteiger partial charge is 0.224 e. The Balaban J connectivity index is 2.01. The van der Waals surface area contributed by atoms with E-state index in [-0.39, 0.29) is 0 Å². The Kier molecular flexibility index (Phi) is 3.72. The summed E-state index contributed by atoms with van der Waals surface area (Å²) < 4.78 is 0. The predicted octanol–water partition coefficient (Wildman–Crippen LogP) is 3.16. The van der Waals surface area contributed by atoms with Crippen LogP contribution in [0.2, 0.25) is 5.02 Å². The Morgan fingerprint density at radius 3 is 2.71 bits per heavy atom. The van der Waals surface area contributed by atoms with Crippen LogP contribution in [-0.4, -0.2) is 23.1 Å². The monoisotopic (exact) mass is 254 g/mol. The zero-order chi connectivity index (χ0) is 12.3. The fraction of sp³-hybridized carbons (Fsp3) is 0.667. The standard InChI is InChI=1S/C12H19ClN4/c1-3-12(5-6-12)8-16-10-9(13)7-15-11(17-10)14-4-2/h7H,3-6,8H2,1-2H3,(H2,14,15,16,17). The van der Waals surface area contributed by atoms with E-state index in [1.54, 1.807) is 6.20 Å². The SMILES string of the molecule is CCNc1ncc(Cl)c(NCC2(CC)CC2)n1. The molecule has 2 N–H and O–H groups in total. The number of hydrogen-bond donors (Lipinski definition) is 2. The van der Waals surface area contributed by atoms with E-state index in [0.717, 1.165) is 18.9 Å². The van der Waals surface area contributed by atoms with Crippen molar-refractivity contribution in [1.29, 1.82) is 0 Å². The summed E-state index contributed by atoms with van der Waals surface area (Å²) in [5, 5.41) is 7.01. The van der Waals surface area contributed by atoms with Crippen molar-refractivity contribution in [1.82, 2.24) is 9.97 Å². The summed E-state index contributed by atoms with van der Waals surface area (Å²) in [4.78, 5) is 8.48. The van der Waals surface area contributed by atoms with Gasteiger partial charge in [-0.25, -0.2) is 4.98 Å². The molecule has 1 aromatic rings. The third-order valence-electron chi connectivity index (χ3n) is 3.42. The van der Waals surface area contributed by atoms with Crippen LogP contribution in [0.4, 0.5) is 11.8 Å². The van der Waals surface area contributed by atoms with E-state index in [0.29, 0.717) is 16.4 Å². The van der Waals surface area contributed by atoms with Gasteiger partial charge in [0.15, 0.2) is 5.82 Å². The van der Waals surface area contributed by atoms with Crippen LogP contribution in [0.15, 0.2) is 6.20 Å². The number of anilines is 2. The molecule has 0 unspecified atom stereocenters. The molecule has 5 heteroatoms. The highest BCUT2D eigenvalue weighted by atomic mass is 35.5. The van der Waals surface area contributed by atoms with E-state index < -0.39 is 0 Å². The van der Waals surface area contributed by atoms with Crippen LogP contribution in [0.1, 0.15) is 33.1 Å². The van der Waals surface area contributed by atoms with Gasteiger partial charge in [0, 0.05) is 13.1 Å². The normalized spacial score (nSPS) is 16.6. The zero-order valence-corrected chi connectivity index (χ0v) is 11.1. The lowest BCUT2D eigenvalue weighted by Gasteiger charge is -2.15. The lowest BCUT2D eigenvalue weighted by atomic mass is 10.0. The molecule has 1 aromatic heterocycles. The lowest BCUT2D eigenvalue weighted by Crippen LogP contribution is -2.16. The molecule has 94 valence electrons. The average molecular weight is 255 g/mol. The average Bonchev–Trinajstić information content (AvgIpc) is 3.11. The molecule has 1 aliphatic rings. The molecule has 0 aromatic carbocycles. The second-order valence-electron chi connectivity index (χ2n) is 4.63. The van der Waals surface area contributed by atoms with Gasteiger partial charge in [-0.15, -0.1) is 0 Å². The van der Waals surface area contributed by atoms with Crippen molar-refractivity contribution in [2.24, 2.45) is 5.41 Å². The molecule has 4 nitrogen and oxygen atoms in total. The molecule has 0 saturated heterocycles. The van der Waals surface area contributed by atoms with E-state index in [2.05, 4.69) is 27.5 Å². The van der Waals surface area contributed by atoms with Gasteiger partial charge in [-0.3, -0.25) is 0 Å². The second-order valence-corrected chi connectivity index (χ2v) is 5.03. The number of aromatic nitrogens is 2. The Morgan fingerprint density at radius 2 is 2.12 bits per heavy atom. The molecule has 0 radical (unpaired) electrons. The van der Waals surface area contributed by atoms with Crippen LogP contribution in [0.25, 0.3) is 0 Å². The molecule has 1 saturated carbocycles. The highest BCUT2D eigenvalue weighted by Gasteiger charge is 2.40. The summed E-state index contributed by atoms with van der Waals surface area (Å²) >= 11 is 6.07. The van der Waals surface area contributed by atoms with Gasteiger partial charge in [-0.2, -0.15) is 4.98 Å². The molecule has 2 rings (SSSR count).